The minimum Gasteiger partial charge on any atom is -0.365 e. The van der Waals surface area contributed by atoms with E-state index in [0.29, 0.717) is 6.04 Å². The minimum atomic E-state index is 0.538. The summed E-state index contributed by atoms with van der Waals surface area (Å²) in [6.07, 6.45) is 1.19. The maximum atomic E-state index is 4.46. The zero-order valence-corrected chi connectivity index (χ0v) is 9.18. The molecule has 1 aromatic carbocycles. The summed E-state index contributed by atoms with van der Waals surface area (Å²) < 4.78 is 5.72. The van der Waals surface area contributed by atoms with Gasteiger partial charge < -0.3 is 10.6 Å². The van der Waals surface area contributed by atoms with Crippen molar-refractivity contribution in [3.05, 3.63) is 24.3 Å². The van der Waals surface area contributed by atoms with Gasteiger partial charge >= 0.3 is 0 Å². The molecule has 4 heteroatoms. The molecule has 2 aromatic rings. The van der Waals surface area contributed by atoms with E-state index in [1.165, 1.54) is 16.5 Å². The third kappa shape index (κ3) is 1.70. The third-order valence-corrected chi connectivity index (χ3v) is 3.61. The summed E-state index contributed by atoms with van der Waals surface area (Å²) in [5, 5.41) is 8.09. The van der Waals surface area contributed by atoms with Crippen molar-refractivity contribution in [3.63, 3.8) is 0 Å². The van der Waals surface area contributed by atoms with Crippen molar-refractivity contribution in [2.45, 2.75) is 12.5 Å². The van der Waals surface area contributed by atoms with Gasteiger partial charge in [-0.1, -0.05) is 12.1 Å². The van der Waals surface area contributed by atoms with Gasteiger partial charge in [-0.05, 0) is 36.6 Å². The quantitative estimate of drug-likeness (QED) is 0.812. The fourth-order valence-electron chi connectivity index (χ4n) is 1.96. The first-order valence-electron chi connectivity index (χ1n) is 5.25. The summed E-state index contributed by atoms with van der Waals surface area (Å²) in [5.74, 6) is 1.05. The van der Waals surface area contributed by atoms with E-state index in [1.807, 2.05) is 0 Å². The van der Waals surface area contributed by atoms with E-state index in [9.17, 15) is 0 Å². The highest BCUT2D eigenvalue weighted by molar-refractivity contribution is 7.13. The normalized spacial score (nSPS) is 20.9. The van der Waals surface area contributed by atoms with Crippen molar-refractivity contribution < 1.29 is 0 Å². The topological polar surface area (TPSA) is 37.0 Å². The van der Waals surface area contributed by atoms with Crippen LogP contribution in [0.25, 0.3) is 10.1 Å². The molecule has 1 aromatic heterocycles. The molecular weight excluding hydrogens is 206 g/mol. The van der Waals surface area contributed by atoms with E-state index < -0.39 is 0 Å². The molecule has 0 bridgehead atoms. The average Bonchev–Trinajstić information content (AvgIpc) is 2.89. The Morgan fingerprint density at radius 3 is 3.20 bits per heavy atom. The predicted molar refractivity (Wildman–Crippen MR) is 64.5 cm³/mol. The van der Waals surface area contributed by atoms with Gasteiger partial charge in [0, 0.05) is 18.0 Å². The molecule has 1 aliphatic heterocycles. The first-order chi connectivity index (χ1) is 7.43. The number of hydrogen-bond acceptors (Lipinski definition) is 4. The number of aromatic nitrogens is 1. The Kier molecular flexibility index (Phi) is 2.31. The molecule has 2 N–H and O–H groups in total. The van der Waals surface area contributed by atoms with E-state index in [-0.39, 0.29) is 0 Å². The van der Waals surface area contributed by atoms with Crippen LogP contribution in [0.3, 0.4) is 0 Å². The fraction of sp³-hybridized carbons (Fsp3) is 0.364. The molecule has 1 atom stereocenters. The highest BCUT2D eigenvalue weighted by Gasteiger charge is 2.16. The molecule has 0 radical (unpaired) electrons. The van der Waals surface area contributed by atoms with Crippen LogP contribution in [0.2, 0.25) is 0 Å². The van der Waals surface area contributed by atoms with Crippen LogP contribution in [0.5, 0.6) is 0 Å². The van der Waals surface area contributed by atoms with E-state index >= 15 is 0 Å². The van der Waals surface area contributed by atoms with E-state index in [4.69, 9.17) is 0 Å². The lowest BCUT2D eigenvalue weighted by atomic mass is 10.2. The second kappa shape index (κ2) is 3.79. The Morgan fingerprint density at radius 1 is 1.40 bits per heavy atom. The molecule has 1 unspecified atom stereocenters. The Balaban J connectivity index is 1.90. The summed E-state index contributed by atoms with van der Waals surface area (Å²) >= 11 is 1.56. The van der Waals surface area contributed by atoms with Crippen molar-refractivity contribution in [1.82, 2.24) is 9.69 Å². The van der Waals surface area contributed by atoms with Crippen molar-refractivity contribution in [2.24, 2.45) is 0 Å². The summed E-state index contributed by atoms with van der Waals surface area (Å²) in [7, 11) is 0. The summed E-state index contributed by atoms with van der Waals surface area (Å²) in [5.41, 5.74) is 0. The largest absolute Gasteiger partial charge is 0.365 e. The molecule has 0 spiro atoms. The fourth-order valence-corrected chi connectivity index (χ4v) is 2.70. The molecule has 2 heterocycles. The molecule has 0 saturated carbocycles. The second-order valence-corrected chi connectivity index (χ2v) is 4.67. The van der Waals surface area contributed by atoms with E-state index in [1.54, 1.807) is 11.5 Å². The second-order valence-electron chi connectivity index (χ2n) is 3.86. The Hall–Kier alpha value is -1.13. The Labute approximate surface area is 92.7 Å². The van der Waals surface area contributed by atoms with Crippen LogP contribution >= 0.6 is 11.5 Å². The third-order valence-electron chi connectivity index (χ3n) is 2.78. The lowest BCUT2D eigenvalue weighted by Crippen LogP contribution is -2.22. The molecule has 15 heavy (non-hydrogen) atoms. The standard InChI is InChI=1S/C11H13N3S/c1-2-4-10-9(3-1)11(14-15-10)13-8-5-6-12-7-8/h1-4,8,12H,5-7H2,(H,13,14). The molecule has 3 rings (SSSR count). The maximum Gasteiger partial charge on any atom is 0.147 e. The monoisotopic (exact) mass is 219 g/mol. The van der Waals surface area contributed by atoms with Crippen molar-refractivity contribution in [2.75, 3.05) is 18.4 Å². The van der Waals surface area contributed by atoms with Crippen molar-refractivity contribution >= 4 is 27.4 Å². The van der Waals surface area contributed by atoms with Crippen LogP contribution in [0.15, 0.2) is 24.3 Å². The highest BCUT2D eigenvalue weighted by Crippen LogP contribution is 2.27. The molecule has 0 aliphatic carbocycles. The predicted octanol–water partition coefficient (Wildman–Crippen LogP) is 2.07. The molecule has 3 nitrogen and oxygen atoms in total. The lowest BCUT2D eigenvalue weighted by Gasteiger charge is -2.09. The van der Waals surface area contributed by atoms with E-state index in [0.717, 1.165) is 18.9 Å². The van der Waals surface area contributed by atoms with Crippen LogP contribution in [0.1, 0.15) is 6.42 Å². The SMILES string of the molecule is c1ccc2c(NC3CCNC3)nsc2c1. The highest BCUT2D eigenvalue weighted by atomic mass is 32.1. The molecule has 1 fully saturated rings. The van der Waals surface area contributed by atoms with Gasteiger partial charge in [0.25, 0.3) is 0 Å². The van der Waals surface area contributed by atoms with Gasteiger partial charge in [0.2, 0.25) is 0 Å². The van der Waals surface area contributed by atoms with Gasteiger partial charge in [0.15, 0.2) is 0 Å². The zero-order valence-electron chi connectivity index (χ0n) is 8.36. The number of nitrogens with one attached hydrogen (secondary N) is 2. The van der Waals surface area contributed by atoms with Crippen LogP contribution < -0.4 is 10.6 Å². The number of fused-ring (bicyclic) bond motifs is 1. The van der Waals surface area contributed by atoms with Gasteiger partial charge in [-0.25, -0.2) is 0 Å². The van der Waals surface area contributed by atoms with Crippen LogP contribution in [-0.2, 0) is 0 Å². The van der Waals surface area contributed by atoms with Crippen LogP contribution in [0, 0.1) is 0 Å². The summed E-state index contributed by atoms with van der Waals surface area (Å²) in [6.45, 7) is 2.16. The number of benzene rings is 1. The lowest BCUT2D eigenvalue weighted by molar-refractivity contribution is 0.791. The van der Waals surface area contributed by atoms with Crippen molar-refractivity contribution in [3.8, 4) is 0 Å². The van der Waals surface area contributed by atoms with Gasteiger partial charge in [0.05, 0.1) is 4.70 Å². The van der Waals surface area contributed by atoms with Gasteiger partial charge in [-0.2, -0.15) is 4.37 Å². The van der Waals surface area contributed by atoms with E-state index in [2.05, 4.69) is 39.3 Å². The number of hydrogen-bond donors (Lipinski definition) is 2. The van der Waals surface area contributed by atoms with Gasteiger partial charge in [0.1, 0.15) is 5.82 Å². The van der Waals surface area contributed by atoms with Crippen LogP contribution in [0.4, 0.5) is 5.82 Å². The summed E-state index contributed by atoms with van der Waals surface area (Å²) in [4.78, 5) is 0. The van der Waals surface area contributed by atoms with Crippen molar-refractivity contribution in [1.29, 1.82) is 0 Å². The molecule has 1 saturated heterocycles. The molecule has 78 valence electrons. The van der Waals surface area contributed by atoms with Gasteiger partial charge in [-0.15, -0.1) is 0 Å². The maximum absolute atomic E-state index is 4.46. The average molecular weight is 219 g/mol. The minimum absolute atomic E-state index is 0.538. The Morgan fingerprint density at radius 2 is 2.33 bits per heavy atom. The molecule has 1 aliphatic rings. The Bertz CT molecular complexity index is 460. The van der Waals surface area contributed by atoms with Gasteiger partial charge in [-0.3, -0.25) is 0 Å². The number of anilines is 1. The zero-order chi connectivity index (χ0) is 10.1. The first kappa shape index (κ1) is 9.12. The molecule has 0 amide bonds. The number of rotatable bonds is 2. The number of nitrogens with zero attached hydrogens (tertiary/aromatic N) is 1. The summed E-state index contributed by atoms with van der Waals surface area (Å²) in [6, 6.07) is 8.90. The molecular formula is C11H13N3S. The first-order valence-corrected chi connectivity index (χ1v) is 6.02. The smallest absolute Gasteiger partial charge is 0.147 e. The van der Waals surface area contributed by atoms with Crippen LogP contribution in [-0.4, -0.2) is 23.5 Å².